The van der Waals surface area contributed by atoms with Crippen LogP contribution in [0.4, 0.5) is 0 Å². The van der Waals surface area contributed by atoms with Crippen molar-refractivity contribution in [2.24, 2.45) is 0 Å². The van der Waals surface area contributed by atoms with E-state index in [4.69, 9.17) is 0 Å². The molecule has 0 saturated carbocycles. The van der Waals surface area contributed by atoms with Gasteiger partial charge in [0.05, 0.1) is 0 Å². The molecule has 1 unspecified atom stereocenters. The van der Waals surface area contributed by atoms with Crippen LogP contribution in [0.5, 0.6) is 0 Å². The number of rotatable bonds is 7. The Morgan fingerprint density at radius 1 is 1.21 bits per heavy atom. The summed E-state index contributed by atoms with van der Waals surface area (Å²) in [5.74, 6) is -2.30. The Balaban J connectivity index is 3.04. The lowest BCUT2D eigenvalue weighted by atomic mass is 10.1. The molecule has 0 aromatic heterocycles. The molecule has 0 fully saturated rings. The number of nitrogens with one attached hydrogen (secondary N) is 2. The second kappa shape index (κ2) is 8.66. The van der Waals surface area contributed by atoms with Crippen molar-refractivity contribution >= 4 is 23.7 Å². The number of nitrogens with zero attached hydrogens (tertiary/aromatic N) is 1. The van der Waals surface area contributed by atoms with Crippen molar-refractivity contribution in [3.05, 3.63) is 35.4 Å². The van der Waals surface area contributed by atoms with Gasteiger partial charge in [-0.05, 0) is 25.1 Å². The average molecular weight is 335 g/mol. The minimum Gasteiger partial charge on any atom is -0.480 e. The second-order valence-corrected chi connectivity index (χ2v) is 5.16. The first-order valence-electron chi connectivity index (χ1n) is 7.38. The Hall–Kier alpha value is -2.90. The Morgan fingerprint density at radius 2 is 1.83 bits per heavy atom. The fourth-order valence-electron chi connectivity index (χ4n) is 2.06. The standard InChI is InChI=1S/C16H21N3O5/c1-10(16(23)24)19(8-7-18-11(2)20)15(22)13-6-4-5-12(9-13)14(21)17-3/h4-6,9-10H,7-8H2,1-3H3,(H,17,21)(H,18,20)(H,23,24). The lowest BCUT2D eigenvalue weighted by Crippen LogP contribution is -2.46. The Kier molecular flexibility index (Phi) is 6.91. The zero-order valence-corrected chi connectivity index (χ0v) is 13.8. The van der Waals surface area contributed by atoms with Crippen molar-refractivity contribution in [3.8, 4) is 0 Å². The highest BCUT2D eigenvalue weighted by molar-refractivity contribution is 6.00. The highest BCUT2D eigenvalue weighted by Crippen LogP contribution is 2.11. The van der Waals surface area contributed by atoms with Gasteiger partial charge in [0, 0.05) is 38.2 Å². The predicted octanol–water partition coefficient (Wildman–Crippen LogP) is 0.0976. The van der Waals surface area contributed by atoms with Gasteiger partial charge >= 0.3 is 5.97 Å². The van der Waals surface area contributed by atoms with E-state index < -0.39 is 17.9 Å². The molecule has 1 aromatic carbocycles. The van der Waals surface area contributed by atoms with E-state index in [0.717, 1.165) is 4.90 Å². The average Bonchev–Trinajstić information content (AvgIpc) is 2.56. The van der Waals surface area contributed by atoms with E-state index in [1.165, 1.54) is 33.0 Å². The minimum atomic E-state index is -1.16. The summed E-state index contributed by atoms with van der Waals surface area (Å²) < 4.78 is 0. The third kappa shape index (κ3) is 5.08. The van der Waals surface area contributed by atoms with Gasteiger partial charge in [-0.15, -0.1) is 0 Å². The number of aliphatic carboxylic acids is 1. The van der Waals surface area contributed by atoms with Crippen LogP contribution in [0, 0.1) is 0 Å². The smallest absolute Gasteiger partial charge is 0.326 e. The summed E-state index contributed by atoms with van der Waals surface area (Å²) >= 11 is 0. The van der Waals surface area contributed by atoms with Crippen molar-refractivity contribution in [1.82, 2.24) is 15.5 Å². The predicted molar refractivity (Wildman–Crippen MR) is 86.7 cm³/mol. The van der Waals surface area contributed by atoms with Crippen LogP contribution in [0.2, 0.25) is 0 Å². The molecule has 0 aliphatic rings. The van der Waals surface area contributed by atoms with Gasteiger partial charge in [-0.2, -0.15) is 0 Å². The molecule has 24 heavy (non-hydrogen) atoms. The molecule has 1 atom stereocenters. The monoisotopic (exact) mass is 335 g/mol. The molecular formula is C16H21N3O5. The van der Waals surface area contributed by atoms with Gasteiger partial charge in [-0.3, -0.25) is 14.4 Å². The van der Waals surface area contributed by atoms with Crippen LogP contribution < -0.4 is 10.6 Å². The lowest BCUT2D eigenvalue weighted by Gasteiger charge is -2.26. The fraction of sp³-hybridized carbons (Fsp3) is 0.375. The number of hydrogen-bond acceptors (Lipinski definition) is 4. The number of benzene rings is 1. The number of hydrogen-bond donors (Lipinski definition) is 3. The maximum absolute atomic E-state index is 12.6. The molecule has 3 N–H and O–H groups in total. The Bertz CT molecular complexity index is 644. The molecule has 0 heterocycles. The molecule has 8 heteroatoms. The van der Waals surface area contributed by atoms with E-state index in [-0.39, 0.29) is 30.5 Å². The topological polar surface area (TPSA) is 116 Å². The van der Waals surface area contributed by atoms with Crippen LogP contribution >= 0.6 is 0 Å². The van der Waals surface area contributed by atoms with E-state index in [1.54, 1.807) is 12.1 Å². The summed E-state index contributed by atoms with van der Waals surface area (Å²) in [6, 6.07) is 4.94. The SMILES string of the molecule is CNC(=O)c1cccc(C(=O)N(CCNC(C)=O)C(C)C(=O)O)c1. The van der Waals surface area contributed by atoms with Gasteiger partial charge in [-0.1, -0.05) is 6.07 Å². The molecule has 1 rings (SSSR count). The summed E-state index contributed by atoms with van der Waals surface area (Å²) in [5.41, 5.74) is 0.500. The molecule has 0 saturated heterocycles. The van der Waals surface area contributed by atoms with E-state index in [1.807, 2.05) is 0 Å². The first-order chi connectivity index (χ1) is 11.3. The van der Waals surface area contributed by atoms with Gasteiger partial charge in [0.25, 0.3) is 11.8 Å². The van der Waals surface area contributed by atoms with Gasteiger partial charge in [0.15, 0.2) is 0 Å². The molecule has 8 nitrogen and oxygen atoms in total. The van der Waals surface area contributed by atoms with Gasteiger partial charge < -0.3 is 20.6 Å². The van der Waals surface area contributed by atoms with Crippen molar-refractivity contribution in [2.75, 3.05) is 20.1 Å². The van der Waals surface area contributed by atoms with Gasteiger partial charge in [-0.25, -0.2) is 4.79 Å². The maximum atomic E-state index is 12.6. The largest absolute Gasteiger partial charge is 0.480 e. The fourth-order valence-corrected chi connectivity index (χ4v) is 2.06. The van der Waals surface area contributed by atoms with Gasteiger partial charge in [0.2, 0.25) is 5.91 Å². The summed E-state index contributed by atoms with van der Waals surface area (Å²) in [4.78, 5) is 47.7. The molecule has 1 aromatic rings. The minimum absolute atomic E-state index is 0.0378. The number of carbonyl (C=O) groups is 4. The van der Waals surface area contributed by atoms with E-state index in [9.17, 15) is 24.3 Å². The highest BCUT2D eigenvalue weighted by Gasteiger charge is 2.26. The second-order valence-electron chi connectivity index (χ2n) is 5.16. The number of carboxylic acids is 1. The molecule has 0 spiro atoms. The molecular weight excluding hydrogens is 314 g/mol. The third-order valence-corrected chi connectivity index (χ3v) is 3.41. The summed E-state index contributed by atoms with van der Waals surface area (Å²) in [6.07, 6.45) is 0. The quantitative estimate of drug-likeness (QED) is 0.653. The van der Waals surface area contributed by atoms with E-state index in [2.05, 4.69) is 10.6 Å². The Morgan fingerprint density at radius 3 is 2.38 bits per heavy atom. The number of carbonyl (C=O) groups excluding carboxylic acids is 3. The van der Waals surface area contributed by atoms with Gasteiger partial charge in [0.1, 0.15) is 6.04 Å². The van der Waals surface area contributed by atoms with Crippen LogP contribution in [-0.2, 0) is 9.59 Å². The molecule has 3 amide bonds. The summed E-state index contributed by atoms with van der Waals surface area (Å²) in [6.45, 7) is 2.89. The molecule has 0 bridgehead atoms. The zero-order chi connectivity index (χ0) is 18.3. The van der Waals surface area contributed by atoms with E-state index >= 15 is 0 Å². The third-order valence-electron chi connectivity index (χ3n) is 3.41. The molecule has 0 aliphatic heterocycles. The van der Waals surface area contributed by atoms with Crippen molar-refractivity contribution in [1.29, 1.82) is 0 Å². The van der Waals surface area contributed by atoms with Crippen LogP contribution in [0.3, 0.4) is 0 Å². The lowest BCUT2D eigenvalue weighted by molar-refractivity contribution is -0.141. The summed E-state index contributed by atoms with van der Waals surface area (Å²) in [5, 5.41) is 14.2. The first-order valence-corrected chi connectivity index (χ1v) is 7.38. The van der Waals surface area contributed by atoms with Crippen LogP contribution in [0.25, 0.3) is 0 Å². The molecule has 0 radical (unpaired) electrons. The normalized spacial score (nSPS) is 11.3. The maximum Gasteiger partial charge on any atom is 0.326 e. The Labute approximate surface area is 139 Å². The van der Waals surface area contributed by atoms with Crippen LogP contribution in [0.1, 0.15) is 34.6 Å². The molecule has 0 aliphatic carbocycles. The highest BCUT2D eigenvalue weighted by atomic mass is 16.4. The number of amides is 3. The summed E-state index contributed by atoms with van der Waals surface area (Å²) in [7, 11) is 1.48. The first kappa shape index (κ1) is 19.1. The van der Waals surface area contributed by atoms with Crippen LogP contribution in [-0.4, -0.2) is 59.9 Å². The number of carboxylic acid groups (broad SMARTS) is 1. The van der Waals surface area contributed by atoms with E-state index in [0.29, 0.717) is 5.56 Å². The van der Waals surface area contributed by atoms with Crippen LogP contribution in [0.15, 0.2) is 24.3 Å². The van der Waals surface area contributed by atoms with Crippen molar-refractivity contribution in [3.63, 3.8) is 0 Å². The van der Waals surface area contributed by atoms with Crippen molar-refractivity contribution < 1.29 is 24.3 Å². The van der Waals surface area contributed by atoms with Crippen molar-refractivity contribution in [2.45, 2.75) is 19.9 Å². The zero-order valence-electron chi connectivity index (χ0n) is 13.8. The molecule has 130 valence electrons.